The quantitative estimate of drug-likeness (QED) is 0.869. The maximum absolute atomic E-state index is 5.55. The van der Waals surface area contributed by atoms with Crippen LogP contribution in [-0.4, -0.2) is 29.2 Å². The number of rotatable bonds is 4. The Morgan fingerprint density at radius 2 is 2.29 bits per heavy atom. The summed E-state index contributed by atoms with van der Waals surface area (Å²) in [7, 11) is 0. The normalized spacial score (nSPS) is 23.9. The average molecular weight is 235 g/mol. The van der Waals surface area contributed by atoms with Gasteiger partial charge in [0.15, 0.2) is 0 Å². The molecule has 4 nitrogen and oxygen atoms in total. The van der Waals surface area contributed by atoms with Crippen LogP contribution in [0.15, 0.2) is 6.07 Å². The molecule has 2 heterocycles. The summed E-state index contributed by atoms with van der Waals surface area (Å²) in [6.07, 6.45) is 2.44. The van der Waals surface area contributed by atoms with Crippen LogP contribution in [0.4, 0.5) is 5.82 Å². The van der Waals surface area contributed by atoms with Crippen molar-refractivity contribution in [3.05, 3.63) is 17.6 Å². The molecule has 0 amide bonds. The number of hydrogen-bond acceptors (Lipinski definition) is 4. The highest BCUT2D eigenvalue weighted by molar-refractivity contribution is 5.36. The summed E-state index contributed by atoms with van der Waals surface area (Å²) >= 11 is 0. The van der Waals surface area contributed by atoms with Gasteiger partial charge >= 0.3 is 0 Å². The lowest BCUT2D eigenvalue weighted by Crippen LogP contribution is -2.21. The fourth-order valence-corrected chi connectivity index (χ4v) is 2.18. The molecular formula is C13H21N3O. The van der Waals surface area contributed by atoms with Crippen molar-refractivity contribution in [3.8, 4) is 0 Å². The molecule has 1 fully saturated rings. The van der Waals surface area contributed by atoms with Crippen LogP contribution in [0, 0.1) is 12.8 Å². The van der Waals surface area contributed by atoms with Crippen molar-refractivity contribution < 1.29 is 4.74 Å². The monoisotopic (exact) mass is 235 g/mol. The third kappa shape index (κ3) is 3.16. The Morgan fingerprint density at radius 3 is 2.94 bits per heavy atom. The van der Waals surface area contributed by atoms with E-state index in [-0.39, 0.29) is 0 Å². The second-order valence-corrected chi connectivity index (χ2v) is 4.65. The molecule has 4 heteroatoms. The van der Waals surface area contributed by atoms with Crippen LogP contribution in [0.1, 0.15) is 31.8 Å². The number of nitrogens with zero attached hydrogens (tertiary/aromatic N) is 2. The number of hydrogen-bond donors (Lipinski definition) is 1. The first-order valence-electron chi connectivity index (χ1n) is 6.39. The van der Waals surface area contributed by atoms with Crippen LogP contribution >= 0.6 is 0 Å². The summed E-state index contributed by atoms with van der Waals surface area (Å²) in [5.74, 6) is 2.37. The van der Waals surface area contributed by atoms with Crippen molar-refractivity contribution in [1.29, 1.82) is 0 Å². The molecule has 0 aromatic carbocycles. The molecule has 0 radical (unpaired) electrons. The highest BCUT2D eigenvalue weighted by Gasteiger charge is 2.23. The summed E-state index contributed by atoms with van der Waals surface area (Å²) in [5, 5.41) is 3.40. The largest absolute Gasteiger partial charge is 0.378 e. The Bertz CT molecular complexity index is 381. The third-order valence-electron chi connectivity index (χ3n) is 3.33. The van der Waals surface area contributed by atoms with Gasteiger partial charge < -0.3 is 10.1 Å². The molecule has 94 valence electrons. The molecule has 0 spiro atoms. The Hall–Kier alpha value is -1.16. The molecule has 1 aliphatic rings. The number of anilines is 1. The van der Waals surface area contributed by atoms with Gasteiger partial charge in [0.05, 0.1) is 6.10 Å². The van der Waals surface area contributed by atoms with Crippen molar-refractivity contribution in [1.82, 2.24) is 9.97 Å². The first kappa shape index (κ1) is 12.3. The van der Waals surface area contributed by atoms with Crippen molar-refractivity contribution in [2.24, 2.45) is 5.92 Å². The molecule has 1 aliphatic heterocycles. The second kappa shape index (κ2) is 5.45. The van der Waals surface area contributed by atoms with E-state index >= 15 is 0 Å². The van der Waals surface area contributed by atoms with E-state index < -0.39 is 0 Å². The average Bonchev–Trinajstić information content (AvgIpc) is 2.71. The zero-order valence-electron chi connectivity index (χ0n) is 10.9. The molecule has 17 heavy (non-hydrogen) atoms. The standard InChI is InChI=1S/C13H21N3O/c1-4-12-7-13(16-10(3)15-12)14-8-11-5-6-17-9(11)2/h7,9,11H,4-6,8H2,1-3H3,(H,14,15,16). The first-order valence-corrected chi connectivity index (χ1v) is 6.39. The van der Waals surface area contributed by atoms with Gasteiger partial charge in [0.2, 0.25) is 0 Å². The van der Waals surface area contributed by atoms with Gasteiger partial charge in [-0.25, -0.2) is 9.97 Å². The Balaban J connectivity index is 1.96. The number of aromatic nitrogens is 2. The first-order chi connectivity index (χ1) is 8.19. The molecule has 1 saturated heterocycles. The minimum absolute atomic E-state index is 0.357. The molecule has 1 aromatic rings. The highest BCUT2D eigenvalue weighted by Crippen LogP contribution is 2.20. The van der Waals surface area contributed by atoms with Gasteiger partial charge in [-0.3, -0.25) is 0 Å². The predicted octanol–water partition coefficient (Wildman–Crippen LogP) is 2.18. The van der Waals surface area contributed by atoms with E-state index in [0.717, 1.165) is 43.3 Å². The Morgan fingerprint density at radius 1 is 1.47 bits per heavy atom. The topological polar surface area (TPSA) is 47.0 Å². The van der Waals surface area contributed by atoms with E-state index in [2.05, 4.69) is 29.1 Å². The minimum Gasteiger partial charge on any atom is -0.378 e. The van der Waals surface area contributed by atoms with Crippen LogP contribution in [0.3, 0.4) is 0 Å². The van der Waals surface area contributed by atoms with E-state index in [1.54, 1.807) is 0 Å². The minimum atomic E-state index is 0.357. The van der Waals surface area contributed by atoms with Gasteiger partial charge in [0, 0.05) is 30.8 Å². The van der Waals surface area contributed by atoms with E-state index in [1.807, 2.05) is 13.0 Å². The summed E-state index contributed by atoms with van der Waals surface area (Å²) in [4.78, 5) is 8.78. The van der Waals surface area contributed by atoms with Crippen molar-refractivity contribution in [3.63, 3.8) is 0 Å². The molecule has 2 rings (SSSR count). The highest BCUT2D eigenvalue weighted by atomic mass is 16.5. The van der Waals surface area contributed by atoms with Crippen LogP contribution in [0.2, 0.25) is 0 Å². The third-order valence-corrected chi connectivity index (χ3v) is 3.33. The Kier molecular flexibility index (Phi) is 3.94. The van der Waals surface area contributed by atoms with E-state index in [1.165, 1.54) is 0 Å². The van der Waals surface area contributed by atoms with Gasteiger partial charge in [0.25, 0.3) is 0 Å². The van der Waals surface area contributed by atoms with E-state index in [9.17, 15) is 0 Å². The lowest BCUT2D eigenvalue weighted by atomic mass is 10.0. The smallest absolute Gasteiger partial charge is 0.129 e. The number of nitrogens with one attached hydrogen (secondary N) is 1. The zero-order chi connectivity index (χ0) is 12.3. The molecular weight excluding hydrogens is 214 g/mol. The molecule has 0 aliphatic carbocycles. The molecule has 2 unspecified atom stereocenters. The van der Waals surface area contributed by atoms with Crippen molar-refractivity contribution in [2.75, 3.05) is 18.5 Å². The molecule has 1 aromatic heterocycles. The maximum atomic E-state index is 5.55. The fourth-order valence-electron chi connectivity index (χ4n) is 2.18. The van der Waals surface area contributed by atoms with Gasteiger partial charge in [-0.2, -0.15) is 0 Å². The van der Waals surface area contributed by atoms with Gasteiger partial charge in [-0.15, -0.1) is 0 Å². The van der Waals surface area contributed by atoms with Crippen LogP contribution in [0.25, 0.3) is 0 Å². The summed E-state index contributed by atoms with van der Waals surface area (Å²) in [6, 6.07) is 2.04. The molecule has 1 N–H and O–H groups in total. The van der Waals surface area contributed by atoms with E-state index in [4.69, 9.17) is 4.74 Å². The van der Waals surface area contributed by atoms with Crippen LogP contribution in [0.5, 0.6) is 0 Å². The lowest BCUT2D eigenvalue weighted by Gasteiger charge is -2.15. The lowest BCUT2D eigenvalue weighted by molar-refractivity contribution is 0.108. The van der Waals surface area contributed by atoms with Crippen molar-refractivity contribution >= 4 is 5.82 Å². The van der Waals surface area contributed by atoms with Crippen molar-refractivity contribution in [2.45, 2.75) is 39.7 Å². The number of ether oxygens (including phenoxy) is 1. The summed E-state index contributed by atoms with van der Waals surface area (Å²) < 4.78 is 5.55. The van der Waals surface area contributed by atoms with Crippen LogP contribution in [-0.2, 0) is 11.2 Å². The molecule has 0 bridgehead atoms. The fraction of sp³-hybridized carbons (Fsp3) is 0.692. The molecule has 0 saturated carbocycles. The zero-order valence-corrected chi connectivity index (χ0v) is 10.9. The van der Waals surface area contributed by atoms with E-state index in [0.29, 0.717) is 12.0 Å². The maximum Gasteiger partial charge on any atom is 0.129 e. The summed E-state index contributed by atoms with van der Waals surface area (Å²) in [5.41, 5.74) is 1.09. The predicted molar refractivity (Wildman–Crippen MR) is 68.2 cm³/mol. The van der Waals surface area contributed by atoms with Crippen LogP contribution < -0.4 is 5.32 Å². The molecule has 2 atom stereocenters. The SMILES string of the molecule is CCc1cc(NCC2CCOC2C)nc(C)n1. The van der Waals surface area contributed by atoms with Gasteiger partial charge in [0.1, 0.15) is 11.6 Å². The number of aryl methyl sites for hydroxylation is 2. The van der Waals surface area contributed by atoms with Gasteiger partial charge in [-0.1, -0.05) is 6.92 Å². The Labute approximate surface area is 103 Å². The second-order valence-electron chi connectivity index (χ2n) is 4.65. The van der Waals surface area contributed by atoms with Gasteiger partial charge in [-0.05, 0) is 26.7 Å². The summed E-state index contributed by atoms with van der Waals surface area (Å²) in [6.45, 7) is 8.00.